The van der Waals surface area contributed by atoms with Gasteiger partial charge in [-0.3, -0.25) is 9.59 Å². The zero-order valence-electron chi connectivity index (χ0n) is 7.46. The molecule has 1 aromatic rings. The van der Waals surface area contributed by atoms with Crippen LogP contribution in [-0.4, -0.2) is 23.3 Å². The molecule has 1 rings (SSSR count). The van der Waals surface area contributed by atoms with E-state index in [1.165, 1.54) is 12.3 Å². The lowest BCUT2D eigenvalue weighted by Gasteiger charge is -2.04. The van der Waals surface area contributed by atoms with Gasteiger partial charge in [-0.15, -0.1) is 0 Å². The Morgan fingerprint density at radius 3 is 2.73 bits per heavy atom. The molecule has 0 fully saturated rings. The monoisotopic (exact) mass is 247 g/mol. The van der Waals surface area contributed by atoms with E-state index in [1.54, 1.807) is 0 Å². The van der Waals surface area contributed by atoms with Crippen LogP contribution >= 0.6 is 23.2 Å². The Morgan fingerprint density at radius 1 is 1.47 bits per heavy atom. The Labute approximate surface area is 95.6 Å². The van der Waals surface area contributed by atoms with Crippen LogP contribution in [0.1, 0.15) is 10.4 Å². The van der Waals surface area contributed by atoms with E-state index in [0.29, 0.717) is 0 Å². The van der Waals surface area contributed by atoms with E-state index in [-0.39, 0.29) is 22.3 Å². The molecule has 0 atom stereocenters. The van der Waals surface area contributed by atoms with Crippen LogP contribution in [0, 0.1) is 0 Å². The smallest absolute Gasteiger partial charge is 0.253 e. The Morgan fingerprint density at radius 2 is 2.13 bits per heavy atom. The van der Waals surface area contributed by atoms with Gasteiger partial charge in [0.2, 0.25) is 5.91 Å². The van der Waals surface area contributed by atoms with Gasteiger partial charge in [0, 0.05) is 6.20 Å². The number of pyridine rings is 1. The fraction of sp³-hybridized carbons (Fsp3) is 0.125. The summed E-state index contributed by atoms with van der Waals surface area (Å²) in [6, 6.07) is 1.31. The number of primary amides is 1. The molecule has 0 aliphatic heterocycles. The van der Waals surface area contributed by atoms with Gasteiger partial charge in [0.05, 0.1) is 17.1 Å². The largest absolute Gasteiger partial charge is 0.368 e. The molecule has 0 aromatic carbocycles. The molecule has 0 aliphatic carbocycles. The normalized spacial score (nSPS) is 9.73. The van der Waals surface area contributed by atoms with Crippen LogP contribution in [0.4, 0.5) is 0 Å². The molecule has 2 amide bonds. The number of hydrogen-bond acceptors (Lipinski definition) is 3. The highest BCUT2D eigenvalue weighted by atomic mass is 35.5. The quantitative estimate of drug-likeness (QED) is 0.768. The molecule has 0 spiro atoms. The van der Waals surface area contributed by atoms with Crippen molar-refractivity contribution >= 4 is 35.0 Å². The summed E-state index contributed by atoms with van der Waals surface area (Å²) in [5, 5.41) is 2.58. The third-order valence-electron chi connectivity index (χ3n) is 1.49. The van der Waals surface area contributed by atoms with Crippen molar-refractivity contribution in [3.63, 3.8) is 0 Å². The number of hydrogen-bond donors (Lipinski definition) is 2. The number of aromatic nitrogens is 1. The van der Waals surface area contributed by atoms with Crippen LogP contribution in [0.15, 0.2) is 12.3 Å². The van der Waals surface area contributed by atoms with Crippen LogP contribution in [-0.2, 0) is 4.79 Å². The number of nitrogens with one attached hydrogen (secondary N) is 1. The minimum atomic E-state index is -0.639. The van der Waals surface area contributed by atoms with Gasteiger partial charge in [0.15, 0.2) is 0 Å². The molecule has 0 saturated heterocycles. The average molecular weight is 248 g/mol. The molecule has 3 N–H and O–H groups in total. The molecule has 0 radical (unpaired) electrons. The molecule has 0 aliphatic rings. The number of amides is 2. The van der Waals surface area contributed by atoms with Gasteiger partial charge in [-0.1, -0.05) is 23.2 Å². The molecule has 15 heavy (non-hydrogen) atoms. The van der Waals surface area contributed by atoms with Crippen molar-refractivity contribution in [2.24, 2.45) is 5.73 Å². The molecule has 0 bridgehead atoms. The van der Waals surface area contributed by atoms with Gasteiger partial charge < -0.3 is 11.1 Å². The van der Waals surface area contributed by atoms with Crippen LogP contribution in [0.2, 0.25) is 10.2 Å². The van der Waals surface area contributed by atoms with Gasteiger partial charge >= 0.3 is 0 Å². The first-order valence-electron chi connectivity index (χ1n) is 3.88. The Hall–Kier alpha value is -1.33. The highest BCUT2D eigenvalue weighted by molar-refractivity contribution is 6.35. The summed E-state index contributed by atoms with van der Waals surface area (Å²) < 4.78 is 0. The maximum atomic E-state index is 11.4. The fourth-order valence-corrected chi connectivity index (χ4v) is 1.20. The highest BCUT2D eigenvalue weighted by Gasteiger charge is 2.11. The van der Waals surface area contributed by atoms with Crippen LogP contribution in [0.25, 0.3) is 0 Å². The first kappa shape index (κ1) is 11.7. The molecule has 0 saturated carbocycles. The van der Waals surface area contributed by atoms with Crippen LogP contribution in [0.3, 0.4) is 0 Å². The highest BCUT2D eigenvalue weighted by Crippen LogP contribution is 2.17. The van der Waals surface area contributed by atoms with Gasteiger partial charge in [-0.25, -0.2) is 4.98 Å². The number of halogens is 2. The van der Waals surface area contributed by atoms with E-state index in [1.807, 2.05) is 0 Å². The van der Waals surface area contributed by atoms with E-state index in [0.717, 1.165) is 0 Å². The van der Waals surface area contributed by atoms with E-state index >= 15 is 0 Å². The summed E-state index contributed by atoms with van der Waals surface area (Å²) in [6.45, 7) is -0.255. The third-order valence-corrected chi connectivity index (χ3v) is 2.00. The summed E-state index contributed by atoms with van der Waals surface area (Å²) in [5.74, 6) is -1.16. The lowest BCUT2D eigenvalue weighted by atomic mass is 10.2. The van der Waals surface area contributed by atoms with Crippen molar-refractivity contribution in [1.82, 2.24) is 10.3 Å². The van der Waals surface area contributed by atoms with Crippen molar-refractivity contribution in [3.8, 4) is 0 Å². The second kappa shape index (κ2) is 4.95. The van der Waals surface area contributed by atoms with Gasteiger partial charge in [0.25, 0.3) is 5.91 Å². The van der Waals surface area contributed by atoms with Crippen LogP contribution < -0.4 is 11.1 Å². The average Bonchev–Trinajstić information content (AvgIpc) is 2.18. The summed E-state index contributed by atoms with van der Waals surface area (Å²) in [4.78, 5) is 25.5. The Balaban J connectivity index is 2.81. The summed E-state index contributed by atoms with van der Waals surface area (Å²) in [7, 11) is 0. The van der Waals surface area contributed by atoms with Gasteiger partial charge in [-0.05, 0) is 6.07 Å². The number of nitrogens with two attached hydrogens (primary N) is 1. The van der Waals surface area contributed by atoms with Gasteiger partial charge in [-0.2, -0.15) is 0 Å². The molecule has 7 heteroatoms. The SMILES string of the molecule is NC(=O)CNC(=O)c1cc(Cl)ncc1Cl. The lowest BCUT2D eigenvalue weighted by molar-refractivity contribution is -0.117. The standard InChI is InChI=1S/C8H7Cl2N3O2/c9-5-2-12-6(10)1-4(5)8(15)13-3-7(11)14/h1-2H,3H2,(H2,11,14)(H,13,15). The maximum absolute atomic E-state index is 11.4. The second-order valence-electron chi connectivity index (χ2n) is 2.64. The molecule has 1 aromatic heterocycles. The Kier molecular flexibility index (Phi) is 3.88. The van der Waals surface area contributed by atoms with E-state index in [4.69, 9.17) is 28.9 Å². The first-order chi connectivity index (χ1) is 7.00. The summed E-state index contributed by atoms with van der Waals surface area (Å²) >= 11 is 11.3. The minimum Gasteiger partial charge on any atom is -0.368 e. The zero-order valence-corrected chi connectivity index (χ0v) is 8.97. The van der Waals surface area contributed by atoms with Crippen molar-refractivity contribution in [1.29, 1.82) is 0 Å². The summed E-state index contributed by atoms with van der Waals surface area (Å²) in [6.07, 6.45) is 1.25. The maximum Gasteiger partial charge on any atom is 0.253 e. The Bertz CT molecular complexity index is 409. The zero-order chi connectivity index (χ0) is 11.4. The van der Waals surface area contributed by atoms with E-state index < -0.39 is 11.8 Å². The number of carbonyl (C=O) groups is 2. The van der Waals surface area contributed by atoms with Crippen LogP contribution in [0.5, 0.6) is 0 Å². The molecule has 0 unspecified atom stereocenters. The first-order valence-corrected chi connectivity index (χ1v) is 4.64. The van der Waals surface area contributed by atoms with Crippen molar-refractivity contribution in [2.75, 3.05) is 6.54 Å². The van der Waals surface area contributed by atoms with Crippen molar-refractivity contribution in [2.45, 2.75) is 0 Å². The summed E-state index contributed by atoms with van der Waals surface area (Å²) in [5.41, 5.74) is 5.01. The predicted octanol–water partition coefficient (Wildman–Crippen LogP) is 0.603. The minimum absolute atomic E-state index is 0.142. The molecule has 80 valence electrons. The lowest BCUT2D eigenvalue weighted by Crippen LogP contribution is -2.33. The second-order valence-corrected chi connectivity index (χ2v) is 3.43. The fourth-order valence-electron chi connectivity index (χ4n) is 0.850. The van der Waals surface area contributed by atoms with E-state index in [9.17, 15) is 9.59 Å². The van der Waals surface area contributed by atoms with Gasteiger partial charge in [0.1, 0.15) is 5.15 Å². The van der Waals surface area contributed by atoms with E-state index in [2.05, 4.69) is 10.3 Å². The third kappa shape index (κ3) is 3.38. The van der Waals surface area contributed by atoms with Crippen molar-refractivity contribution in [3.05, 3.63) is 28.0 Å². The number of nitrogens with zero attached hydrogens (tertiary/aromatic N) is 1. The molecule has 1 heterocycles. The number of rotatable bonds is 3. The molecular formula is C8H7Cl2N3O2. The molecular weight excluding hydrogens is 241 g/mol. The predicted molar refractivity (Wildman–Crippen MR) is 55.8 cm³/mol. The topological polar surface area (TPSA) is 85.1 Å². The van der Waals surface area contributed by atoms with Crippen molar-refractivity contribution < 1.29 is 9.59 Å². The molecule has 5 nitrogen and oxygen atoms in total. The number of carbonyl (C=O) groups excluding carboxylic acids is 2.